The molecule has 17 heteroatoms. The number of piperazine rings is 1. The van der Waals surface area contributed by atoms with E-state index < -0.39 is 18.1 Å². The van der Waals surface area contributed by atoms with Gasteiger partial charge < -0.3 is 34.8 Å². The van der Waals surface area contributed by atoms with Gasteiger partial charge in [0, 0.05) is 79.0 Å². The van der Waals surface area contributed by atoms with Crippen LogP contribution in [-0.4, -0.2) is 102 Å². The molecule has 0 radical (unpaired) electrons. The van der Waals surface area contributed by atoms with Gasteiger partial charge in [-0.3, -0.25) is 9.59 Å². The van der Waals surface area contributed by atoms with Crippen molar-refractivity contribution < 1.29 is 24.3 Å². The van der Waals surface area contributed by atoms with Crippen molar-refractivity contribution in [2.45, 2.75) is 65.1 Å². The first-order chi connectivity index (χ1) is 30.4. The van der Waals surface area contributed by atoms with Gasteiger partial charge in [-0.1, -0.05) is 55.4 Å². The largest absolute Gasteiger partial charge is 0.507 e. The number of hydrogen-bond donors (Lipinski definition) is 3. The van der Waals surface area contributed by atoms with Gasteiger partial charge in [-0.15, -0.1) is 32.9 Å². The average Bonchev–Trinajstić information content (AvgIpc) is 4.11. The zero-order valence-corrected chi connectivity index (χ0v) is 37.2. The van der Waals surface area contributed by atoms with Crippen molar-refractivity contribution in [2.24, 2.45) is 5.92 Å². The molecule has 3 N–H and O–H groups in total. The predicted octanol–water partition coefficient (Wildman–Crippen LogP) is 7.15. The Labute approximate surface area is 372 Å². The normalized spacial score (nSPS) is 17.7. The summed E-state index contributed by atoms with van der Waals surface area (Å²) in [5.41, 5.74) is 7.99. The Morgan fingerprint density at radius 1 is 0.889 bits per heavy atom. The number of likely N-dealkylation sites (tertiary alicyclic amines) is 1. The lowest BCUT2D eigenvalue weighted by Crippen LogP contribution is -2.48. The maximum Gasteiger partial charge on any atom is 0.243 e. The highest BCUT2D eigenvalue weighted by Gasteiger charge is 2.43. The van der Waals surface area contributed by atoms with Crippen LogP contribution < -0.4 is 15.1 Å². The lowest BCUT2D eigenvalue weighted by molar-refractivity contribution is -0.141. The number of phenols is 1. The Bertz CT molecular complexity index is 2760. The number of carbonyl (C=O) groups is 2. The second-order valence-corrected chi connectivity index (χ2v) is 18.4. The van der Waals surface area contributed by atoms with Gasteiger partial charge in [0.25, 0.3) is 0 Å². The smallest absolute Gasteiger partial charge is 0.243 e. The molecular weight excluding hydrogens is 837 g/mol. The summed E-state index contributed by atoms with van der Waals surface area (Å²) in [5.74, 6) is 0.401. The molecule has 7 aromatic rings. The van der Waals surface area contributed by atoms with E-state index in [0.717, 1.165) is 47.9 Å². The highest BCUT2D eigenvalue weighted by molar-refractivity contribution is 7.22. The van der Waals surface area contributed by atoms with Gasteiger partial charge in [0.05, 0.1) is 33.9 Å². The lowest BCUT2D eigenvalue weighted by atomic mass is 9.91. The number of thiophene rings is 1. The number of rotatable bonds is 11. The standard InChI is InChI=1S/C46H48N10O5S2/c1-25(2)40(45(60)56-23-32(57)18-36(56)43(59)50-27(4)29-10-12-30(13-11-29)42-28(5)49-24-62-42)38-20-39(53-61-38)54-14-16-55(17-15-54)46-47-21-31(22-48-46)41-26(3)34-19-35(51-52-44(34)63-41)33-8-6-7-9-37(33)58/h6-13,19-22,24-25,27,32,36,40,57-58H,14-18,23H2,1-5H3,(H,50,59)/t27-,32+,36-,40+/m0/s1. The van der Waals surface area contributed by atoms with Crippen LogP contribution in [0.4, 0.5) is 11.8 Å². The second-order valence-electron chi connectivity index (χ2n) is 16.6. The average molecular weight is 885 g/mol. The van der Waals surface area contributed by atoms with Crippen molar-refractivity contribution in [3.8, 4) is 37.9 Å². The first-order valence-corrected chi connectivity index (χ1v) is 22.8. The molecule has 2 aromatic carbocycles. The van der Waals surface area contributed by atoms with E-state index in [2.05, 4.69) is 35.5 Å². The molecular formula is C46H48N10O5S2. The SMILES string of the molecule is Cc1ncsc1-c1ccc([C@H](C)NC(=O)[C@@H]2C[C@@H](O)CN2C(=O)[C@@H](c2cc(N3CCN(c4ncc(-c5sc6nnc(-c7ccccc7O)cc6c5C)cn4)CC3)no2)C(C)C)cc1. The molecule has 2 aliphatic rings. The number of hydrogen-bond acceptors (Lipinski definition) is 15. The number of para-hydroxylation sites is 1. The van der Waals surface area contributed by atoms with Crippen LogP contribution in [0.15, 0.2) is 83.1 Å². The number of aliphatic hydroxyl groups is 1. The van der Waals surface area contributed by atoms with E-state index in [1.807, 2.05) is 101 Å². The fourth-order valence-electron chi connectivity index (χ4n) is 8.54. The first kappa shape index (κ1) is 42.0. The van der Waals surface area contributed by atoms with Crippen LogP contribution in [0.1, 0.15) is 61.7 Å². The molecule has 2 fully saturated rings. The summed E-state index contributed by atoms with van der Waals surface area (Å²) < 4.78 is 5.88. The molecule has 0 aliphatic carbocycles. The lowest BCUT2D eigenvalue weighted by Gasteiger charge is -2.34. The van der Waals surface area contributed by atoms with Gasteiger partial charge in [-0.05, 0) is 61.6 Å². The van der Waals surface area contributed by atoms with Crippen molar-refractivity contribution in [3.05, 3.63) is 101 Å². The molecule has 0 unspecified atom stereocenters. The van der Waals surface area contributed by atoms with Gasteiger partial charge in [-0.2, -0.15) is 0 Å². The molecule has 63 heavy (non-hydrogen) atoms. The van der Waals surface area contributed by atoms with Gasteiger partial charge in [0.15, 0.2) is 11.6 Å². The van der Waals surface area contributed by atoms with Crippen LogP contribution in [0.3, 0.4) is 0 Å². The van der Waals surface area contributed by atoms with Crippen LogP contribution in [0, 0.1) is 19.8 Å². The quantitative estimate of drug-likeness (QED) is 0.119. The molecule has 0 spiro atoms. The number of aliphatic hydroxyl groups excluding tert-OH is 1. The van der Waals surface area contributed by atoms with E-state index in [0.29, 0.717) is 55.0 Å². The van der Waals surface area contributed by atoms with Gasteiger partial charge >= 0.3 is 0 Å². The van der Waals surface area contributed by atoms with Crippen molar-refractivity contribution in [2.75, 3.05) is 42.5 Å². The van der Waals surface area contributed by atoms with Crippen LogP contribution >= 0.6 is 22.7 Å². The predicted molar refractivity (Wildman–Crippen MR) is 244 cm³/mol. The molecule has 2 saturated heterocycles. The zero-order chi connectivity index (χ0) is 43.9. The summed E-state index contributed by atoms with van der Waals surface area (Å²) in [7, 11) is 0. The summed E-state index contributed by atoms with van der Waals surface area (Å²) in [4.78, 5) is 50.6. The number of amides is 2. The molecule has 4 atom stereocenters. The number of phenolic OH excluding ortho intramolecular Hbond substituents is 1. The Morgan fingerprint density at radius 2 is 1.62 bits per heavy atom. The number of aryl methyl sites for hydroxylation is 2. The van der Waals surface area contributed by atoms with Crippen molar-refractivity contribution in [3.63, 3.8) is 0 Å². The van der Waals surface area contributed by atoms with E-state index in [-0.39, 0.29) is 42.5 Å². The number of nitrogens with one attached hydrogen (secondary N) is 1. The number of thiazole rings is 1. The third-order valence-electron chi connectivity index (χ3n) is 12.1. The highest BCUT2D eigenvalue weighted by Crippen LogP contribution is 2.39. The zero-order valence-electron chi connectivity index (χ0n) is 35.6. The summed E-state index contributed by atoms with van der Waals surface area (Å²) >= 11 is 3.13. The number of anilines is 2. The van der Waals surface area contributed by atoms with Crippen LogP contribution in [-0.2, 0) is 9.59 Å². The van der Waals surface area contributed by atoms with Crippen LogP contribution in [0.25, 0.3) is 42.4 Å². The molecule has 7 heterocycles. The molecule has 15 nitrogen and oxygen atoms in total. The number of carbonyl (C=O) groups excluding carboxylic acids is 2. The Morgan fingerprint density at radius 3 is 2.32 bits per heavy atom. The Balaban J connectivity index is 0.825. The maximum absolute atomic E-state index is 14.3. The molecule has 324 valence electrons. The van der Waals surface area contributed by atoms with E-state index in [1.165, 1.54) is 16.2 Å². The van der Waals surface area contributed by atoms with Crippen molar-refractivity contribution in [1.82, 2.24) is 40.5 Å². The van der Waals surface area contributed by atoms with Crippen LogP contribution in [0.2, 0.25) is 0 Å². The molecule has 0 saturated carbocycles. The minimum absolute atomic E-state index is 0.0590. The van der Waals surface area contributed by atoms with Gasteiger partial charge in [-0.25, -0.2) is 15.0 Å². The summed E-state index contributed by atoms with van der Waals surface area (Å²) in [5, 5.41) is 38.4. The van der Waals surface area contributed by atoms with Gasteiger partial charge in [0.1, 0.15) is 22.5 Å². The van der Waals surface area contributed by atoms with E-state index >= 15 is 0 Å². The fourth-order valence-corrected chi connectivity index (χ4v) is 10.4. The Kier molecular flexibility index (Phi) is 11.6. The highest BCUT2D eigenvalue weighted by atomic mass is 32.1. The number of benzene rings is 2. The Hall–Kier alpha value is -6.30. The minimum atomic E-state index is -0.824. The van der Waals surface area contributed by atoms with Crippen LogP contribution in [0.5, 0.6) is 5.75 Å². The molecule has 0 bridgehead atoms. The summed E-state index contributed by atoms with van der Waals surface area (Å²) in [6.07, 6.45) is 3.01. The van der Waals surface area contributed by atoms with Crippen molar-refractivity contribution in [1.29, 1.82) is 0 Å². The third-order valence-corrected chi connectivity index (χ3v) is 14.3. The minimum Gasteiger partial charge on any atom is -0.507 e. The molecule has 5 aromatic heterocycles. The number of fused-ring (bicyclic) bond motifs is 1. The number of aromatic nitrogens is 6. The first-order valence-electron chi connectivity index (χ1n) is 21.1. The summed E-state index contributed by atoms with van der Waals surface area (Å²) in [6, 6.07) is 17.8. The van der Waals surface area contributed by atoms with E-state index in [9.17, 15) is 19.8 Å². The molecule has 9 rings (SSSR count). The van der Waals surface area contributed by atoms with E-state index in [1.54, 1.807) is 23.5 Å². The van der Waals surface area contributed by atoms with Gasteiger partial charge in [0.2, 0.25) is 17.8 Å². The monoisotopic (exact) mass is 884 g/mol. The number of nitrogens with zero attached hydrogens (tertiary/aromatic N) is 9. The maximum atomic E-state index is 14.3. The molecule has 2 aliphatic heterocycles. The number of β-amino-alcohol motifs (C(OH)–C–C–N with tert-alkyl or cyclic N) is 1. The topological polar surface area (TPSA) is 187 Å². The fraction of sp³-hybridized carbons (Fsp3) is 0.348. The molecule has 2 amide bonds. The van der Waals surface area contributed by atoms with E-state index in [4.69, 9.17) is 14.5 Å². The summed E-state index contributed by atoms with van der Waals surface area (Å²) in [6.45, 7) is 12.5. The number of aromatic hydroxyl groups is 1. The second kappa shape index (κ2) is 17.5. The van der Waals surface area contributed by atoms with Crippen molar-refractivity contribution >= 4 is 56.5 Å². The third kappa shape index (κ3) is 8.35.